The third kappa shape index (κ3) is 2.76. The van der Waals surface area contributed by atoms with Crippen LogP contribution in [0.3, 0.4) is 0 Å². The van der Waals surface area contributed by atoms with Crippen LogP contribution in [-0.2, 0) is 16.3 Å². The molecular weight excluding hydrogens is 266 g/mol. The molecule has 1 atom stereocenters. The molecule has 0 aliphatic carbocycles. The molecule has 2 aromatic rings. The summed E-state index contributed by atoms with van der Waals surface area (Å²) < 4.78 is 28.7. The molecule has 102 valence electrons. The first-order valence-corrected chi connectivity index (χ1v) is 8.01. The van der Waals surface area contributed by atoms with Crippen LogP contribution in [-0.4, -0.2) is 42.5 Å². The summed E-state index contributed by atoms with van der Waals surface area (Å²) in [5, 5.41) is 3.18. The van der Waals surface area contributed by atoms with E-state index in [0.717, 1.165) is 5.69 Å². The first kappa shape index (κ1) is 12.6. The Balaban J connectivity index is 1.81. The van der Waals surface area contributed by atoms with Gasteiger partial charge in [0.2, 0.25) is 0 Å². The molecule has 0 saturated carbocycles. The second-order valence-electron chi connectivity index (χ2n) is 4.85. The van der Waals surface area contributed by atoms with Gasteiger partial charge in [0, 0.05) is 24.7 Å². The normalized spacial score (nSPS) is 22.7. The Morgan fingerprint density at radius 3 is 3.05 bits per heavy atom. The van der Waals surface area contributed by atoms with Crippen molar-refractivity contribution in [1.82, 2.24) is 15.3 Å². The third-order valence-corrected chi connectivity index (χ3v) is 4.90. The van der Waals surface area contributed by atoms with Crippen molar-refractivity contribution in [3.8, 4) is 0 Å². The van der Waals surface area contributed by atoms with Crippen LogP contribution in [0.4, 0.5) is 0 Å². The van der Waals surface area contributed by atoms with Crippen LogP contribution in [0, 0.1) is 6.92 Å². The molecule has 2 aromatic heterocycles. The molecule has 1 saturated heterocycles. The lowest BCUT2D eigenvalue weighted by Crippen LogP contribution is -2.46. The quantitative estimate of drug-likeness (QED) is 0.861. The molecule has 7 heteroatoms. The summed E-state index contributed by atoms with van der Waals surface area (Å²) in [6.07, 6.45) is 0.467. The van der Waals surface area contributed by atoms with Crippen LogP contribution in [0.5, 0.6) is 0 Å². The summed E-state index contributed by atoms with van der Waals surface area (Å²) in [4.78, 5) is 8.58. The molecule has 1 aliphatic rings. The van der Waals surface area contributed by atoms with Crippen molar-refractivity contribution in [3.63, 3.8) is 0 Å². The van der Waals surface area contributed by atoms with Gasteiger partial charge in [0.05, 0.1) is 11.5 Å². The van der Waals surface area contributed by atoms with Gasteiger partial charge < -0.3 is 9.73 Å². The molecule has 3 rings (SSSR count). The molecule has 1 fully saturated rings. The van der Waals surface area contributed by atoms with Crippen LogP contribution in [0.2, 0.25) is 0 Å². The zero-order chi connectivity index (χ0) is 13.5. The SMILES string of the molecule is Cc1ccc2oc(CC3CS(=O)(=O)CCN3)nc2n1. The maximum atomic E-state index is 11.6. The smallest absolute Gasteiger partial charge is 0.199 e. The van der Waals surface area contributed by atoms with Crippen LogP contribution in [0.15, 0.2) is 16.5 Å². The molecule has 0 amide bonds. The molecule has 19 heavy (non-hydrogen) atoms. The van der Waals surface area contributed by atoms with E-state index in [9.17, 15) is 8.42 Å². The Hall–Kier alpha value is -1.47. The summed E-state index contributed by atoms with van der Waals surface area (Å²) in [7, 11) is -2.94. The van der Waals surface area contributed by atoms with Crippen molar-refractivity contribution >= 4 is 21.1 Å². The van der Waals surface area contributed by atoms with Crippen molar-refractivity contribution in [2.75, 3.05) is 18.1 Å². The zero-order valence-electron chi connectivity index (χ0n) is 10.6. The van der Waals surface area contributed by atoms with Gasteiger partial charge in [-0.05, 0) is 19.1 Å². The van der Waals surface area contributed by atoms with Gasteiger partial charge in [-0.25, -0.2) is 13.4 Å². The predicted molar refractivity (Wildman–Crippen MR) is 70.7 cm³/mol. The number of nitrogens with zero attached hydrogens (tertiary/aromatic N) is 2. The molecule has 6 nitrogen and oxygen atoms in total. The van der Waals surface area contributed by atoms with Gasteiger partial charge in [-0.1, -0.05) is 0 Å². The minimum Gasteiger partial charge on any atom is -0.439 e. The number of aryl methyl sites for hydroxylation is 1. The van der Waals surface area contributed by atoms with E-state index in [4.69, 9.17) is 4.42 Å². The van der Waals surface area contributed by atoms with Crippen molar-refractivity contribution in [1.29, 1.82) is 0 Å². The second-order valence-corrected chi connectivity index (χ2v) is 7.08. The molecule has 3 heterocycles. The van der Waals surface area contributed by atoms with E-state index in [1.165, 1.54) is 0 Å². The van der Waals surface area contributed by atoms with Crippen LogP contribution < -0.4 is 5.32 Å². The monoisotopic (exact) mass is 281 g/mol. The van der Waals surface area contributed by atoms with Gasteiger partial charge in [-0.3, -0.25) is 0 Å². The summed E-state index contributed by atoms with van der Waals surface area (Å²) in [6, 6.07) is 3.56. The fourth-order valence-electron chi connectivity index (χ4n) is 2.25. The lowest BCUT2D eigenvalue weighted by molar-refractivity contribution is 0.457. The van der Waals surface area contributed by atoms with Crippen LogP contribution >= 0.6 is 0 Å². The van der Waals surface area contributed by atoms with E-state index >= 15 is 0 Å². The molecule has 1 unspecified atom stereocenters. The third-order valence-electron chi connectivity index (χ3n) is 3.16. The summed E-state index contributed by atoms with van der Waals surface area (Å²) in [5.74, 6) is 0.874. The number of hydrogen-bond acceptors (Lipinski definition) is 6. The average molecular weight is 281 g/mol. The first-order valence-electron chi connectivity index (χ1n) is 6.19. The molecule has 0 spiro atoms. The Morgan fingerprint density at radius 1 is 1.42 bits per heavy atom. The maximum Gasteiger partial charge on any atom is 0.199 e. The van der Waals surface area contributed by atoms with E-state index in [2.05, 4.69) is 15.3 Å². The number of nitrogens with one attached hydrogen (secondary N) is 1. The van der Waals surface area contributed by atoms with E-state index in [-0.39, 0.29) is 17.5 Å². The minimum absolute atomic E-state index is 0.132. The fraction of sp³-hybridized carbons (Fsp3) is 0.500. The van der Waals surface area contributed by atoms with Crippen molar-refractivity contribution in [3.05, 3.63) is 23.7 Å². The van der Waals surface area contributed by atoms with Gasteiger partial charge in [-0.15, -0.1) is 0 Å². The van der Waals surface area contributed by atoms with E-state index < -0.39 is 9.84 Å². The summed E-state index contributed by atoms with van der Waals surface area (Å²) >= 11 is 0. The fourth-order valence-corrected chi connectivity index (χ4v) is 3.70. The second kappa shape index (κ2) is 4.57. The lowest BCUT2D eigenvalue weighted by Gasteiger charge is -2.22. The van der Waals surface area contributed by atoms with Crippen molar-refractivity contribution in [2.24, 2.45) is 0 Å². The topological polar surface area (TPSA) is 85.1 Å². The molecule has 1 N–H and O–H groups in total. The van der Waals surface area contributed by atoms with E-state index in [1.807, 2.05) is 19.1 Å². The largest absolute Gasteiger partial charge is 0.439 e. The van der Waals surface area contributed by atoms with Crippen LogP contribution in [0.1, 0.15) is 11.6 Å². The standard InChI is InChI=1S/C12H15N3O3S/c1-8-2-3-10-12(14-8)15-11(18-10)6-9-7-19(16,17)5-4-13-9/h2-3,9,13H,4-7H2,1H3. The Kier molecular flexibility index (Phi) is 3.02. The van der Waals surface area contributed by atoms with Crippen molar-refractivity contribution in [2.45, 2.75) is 19.4 Å². The van der Waals surface area contributed by atoms with E-state index in [0.29, 0.717) is 30.1 Å². The van der Waals surface area contributed by atoms with Gasteiger partial charge in [0.25, 0.3) is 0 Å². The van der Waals surface area contributed by atoms with Gasteiger partial charge in [0.1, 0.15) is 0 Å². The minimum atomic E-state index is -2.94. The van der Waals surface area contributed by atoms with Crippen LogP contribution in [0.25, 0.3) is 11.2 Å². The Morgan fingerprint density at radius 2 is 2.26 bits per heavy atom. The number of pyridine rings is 1. The molecule has 0 radical (unpaired) electrons. The Labute approximate surface area is 111 Å². The lowest BCUT2D eigenvalue weighted by atomic mass is 10.2. The predicted octanol–water partition coefficient (Wildman–Crippen LogP) is 0.460. The average Bonchev–Trinajstić information content (AvgIpc) is 2.68. The van der Waals surface area contributed by atoms with Gasteiger partial charge in [0.15, 0.2) is 27.0 Å². The highest BCUT2D eigenvalue weighted by Crippen LogP contribution is 2.16. The number of sulfone groups is 1. The van der Waals surface area contributed by atoms with Gasteiger partial charge in [-0.2, -0.15) is 4.98 Å². The molecule has 0 bridgehead atoms. The summed E-state index contributed by atoms with van der Waals surface area (Å²) in [5.41, 5.74) is 2.10. The highest BCUT2D eigenvalue weighted by atomic mass is 32.2. The zero-order valence-corrected chi connectivity index (χ0v) is 11.4. The highest BCUT2D eigenvalue weighted by molar-refractivity contribution is 7.91. The number of aromatic nitrogens is 2. The number of oxazole rings is 1. The van der Waals surface area contributed by atoms with Crippen molar-refractivity contribution < 1.29 is 12.8 Å². The highest BCUT2D eigenvalue weighted by Gasteiger charge is 2.25. The number of hydrogen-bond donors (Lipinski definition) is 1. The Bertz CT molecular complexity index is 708. The maximum absolute atomic E-state index is 11.6. The molecular formula is C12H15N3O3S. The number of rotatable bonds is 2. The molecule has 1 aliphatic heterocycles. The van der Waals surface area contributed by atoms with E-state index in [1.54, 1.807) is 0 Å². The summed E-state index contributed by atoms with van der Waals surface area (Å²) in [6.45, 7) is 2.38. The van der Waals surface area contributed by atoms with Gasteiger partial charge >= 0.3 is 0 Å². The first-order chi connectivity index (χ1) is 9.02. The molecule has 0 aromatic carbocycles. The number of fused-ring (bicyclic) bond motifs is 1.